The quantitative estimate of drug-likeness (QED) is 0.478. The average Bonchev–Trinajstić information content (AvgIpc) is 3.51. The number of carboxylic acids is 1. The Hall–Kier alpha value is -2.08. The van der Waals surface area contributed by atoms with E-state index in [1.54, 1.807) is 0 Å². The van der Waals surface area contributed by atoms with Crippen molar-refractivity contribution in [3.8, 4) is 11.6 Å². The minimum Gasteiger partial charge on any atom is -0.483 e. The monoisotopic (exact) mass is 461 g/mol. The molecule has 2 aromatic rings. The van der Waals surface area contributed by atoms with Crippen LogP contribution in [0, 0.1) is 17.8 Å². The topological polar surface area (TPSA) is 68.7 Å². The Kier molecular flexibility index (Phi) is 7.53. The van der Waals surface area contributed by atoms with E-state index in [0.717, 1.165) is 22.4 Å². The molecule has 0 radical (unpaired) electrons. The van der Waals surface area contributed by atoms with Gasteiger partial charge in [0, 0.05) is 17.0 Å². The number of hydrogen-bond acceptors (Lipinski definition) is 4. The Labute approximate surface area is 180 Å². The molecule has 0 aliphatic heterocycles. The lowest BCUT2D eigenvalue weighted by Crippen LogP contribution is -2.23. The summed E-state index contributed by atoms with van der Waals surface area (Å²) in [6.07, 6.45) is 3.89. The first-order chi connectivity index (χ1) is 13.9. The molecule has 3 rings (SSSR count). The Morgan fingerprint density at radius 2 is 1.97 bits per heavy atom. The molecule has 1 aromatic heterocycles. The highest BCUT2D eigenvalue weighted by atomic mass is 79.9. The maximum atomic E-state index is 11.6. The van der Waals surface area contributed by atoms with E-state index in [-0.39, 0.29) is 5.92 Å². The summed E-state index contributed by atoms with van der Waals surface area (Å²) in [7, 11) is 0. The van der Waals surface area contributed by atoms with Crippen molar-refractivity contribution in [2.45, 2.75) is 46.1 Å². The van der Waals surface area contributed by atoms with E-state index in [1.165, 1.54) is 12.8 Å². The van der Waals surface area contributed by atoms with E-state index in [4.69, 9.17) is 9.47 Å². The molecular weight excluding hydrogens is 434 g/mol. The van der Waals surface area contributed by atoms with Crippen LogP contribution in [0.4, 0.5) is 0 Å². The minimum atomic E-state index is -0.811. The molecule has 6 heteroatoms. The lowest BCUT2D eigenvalue weighted by molar-refractivity contribution is -0.143. The highest BCUT2D eigenvalue weighted by molar-refractivity contribution is 9.10. The predicted molar refractivity (Wildman–Crippen MR) is 115 cm³/mol. The first kappa shape index (κ1) is 21.6. The smallest absolute Gasteiger partial charge is 0.307 e. The first-order valence-corrected chi connectivity index (χ1v) is 10.9. The Morgan fingerprint density at radius 1 is 1.24 bits per heavy atom. The molecule has 1 aliphatic rings. The van der Waals surface area contributed by atoms with Crippen molar-refractivity contribution in [3.63, 3.8) is 0 Å². The molecule has 29 heavy (non-hydrogen) atoms. The summed E-state index contributed by atoms with van der Waals surface area (Å²) in [4.78, 5) is 16.3. The standard InChI is InChI=1S/C23H28BrNO4/c1-15(2)18(23(26)27)12-20-19(24)13-21(29-14-17-6-4-3-5-7-17)22(25-20)28-11-10-16-8-9-16/h3-7,13,15-16,18H,8-12,14H2,1-2H3,(H,26,27). The Balaban J connectivity index is 1.79. The second-order valence-electron chi connectivity index (χ2n) is 7.97. The van der Waals surface area contributed by atoms with Crippen LogP contribution in [0.1, 0.15) is 44.4 Å². The van der Waals surface area contributed by atoms with Gasteiger partial charge in [0.25, 0.3) is 5.88 Å². The highest BCUT2D eigenvalue weighted by Gasteiger charge is 2.25. The number of carbonyl (C=O) groups is 1. The van der Waals surface area contributed by atoms with E-state index >= 15 is 0 Å². The summed E-state index contributed by atoms with van der Waals surface area (Å²) in [6, 6.07) is 11.8. The van der Waals surface area contributed by atoms with Crippen LogP contribution in [0.25, 0.3) is 0 Å². The number of benzene rings is 1. The van der Waals surface area contributed by atoms with Gasteiger partial charge in [0.2, 0.25) is 0 Å². The molecule has 1 aliphatic carbocycles. The maximum Gasteiger partial charge on any atom is 0.307 e. The number of ether oxygens (including phenoxy) is 2. The molecule has 0 spiro atoms. The molecule has 156 valence electrons. The third-order valence-corrected chi connectivity index (χ3v) is 5.90. The van der Waals surface area contributed by atoms with Crippen molar-refractivity contribution >= 4 is 21.9 Å². The van der Waals surface area contributed by atoms with Crippen molar-refractivity contribution in [1.82, 2.24) is 4.98 Å². The predicted octanol–water partition coefficient (Wildman–Crippen LogP) is 5.50. The zero-order valence-corrected chi connectivity index (χ0v) is 18.5. The molecule has 5 nitrogen and oxygen atoms in total. The largest absolute Gasteiger partial charge is 0.483 e. The minimum absolute atomic E-state index is 0.00874. The van der Waals surface area contributed by atoms with E-state index < -0.39 is 11.9 Å². The molecule has 1 N–H and O–H groups in total. The van der Waals surface area contributed by atoms with Gasteiger partial charge in [-0.1, -0.05) is 57.0 Å². The average molecular weight is 462 g/mol. The molecule has 0 saturated heterocycles. The van der Waals surface area contributed by atoms with Gasteiger partial charge in [0.05, 0.1) is 18.2 Å². The molecule has 0 amide bonds. The van der Waals surface area contributed by atoms with Gasteiger partial charge in [-0.15, -0.1) is 0 Å². The Morgan fingerprint density at radius 3 is 2.59 bits per heavy atom. The van der Waals surface area contributed by atoms with Crippen molar-refractivity contribution in [1.29, 1.82) is 0 Å². The third kappa shape index (κ3) is 6.46. The summed E-state index contributed by atoms with van der Waals surface area (Å²) >= 11 is 3.54. The zero-order chi connectivity index (χ0) is 20.8. The normalized spacial score (nSPS) is 14.6. The van der Waals surface area contributed by atoms with Crippen LogP contribution in [0.15, 0.2) is 40.9 Å². The SMILES string of the molecule is CC(C)C(Cc1nc(OCCC2CC2)c(OCc2ccccc2)cc1Br)C(=O)O. The molecule has 1 fully saturated rings. The number of nitrogens with zero attached hydrogens (tertiary/aromatic N) is 1. The van der Waals surface area contributed by atoms with Gasteiger partial charge in [-0.05, 0) is 39.8 Å². The number of aromatic nitrogens is 1. The van der Waals surface area contributed by atoms with Crippen molar-refractivity contribution < 1.29 is 19.4 Å². The highest BCUT2D eigenvalue weighted by Crippen LogP contribution is 2.35. The summed E-state index contributed by atoms with van der Waals surface area (Å²) in [6.45, 7) is 4.83. The van der Waals surface area contributed by atoms with E-state index in [9.17, 15) is 9.90 Å². The molecule has 1 aromatic carbocycles. The number of carboxylic acid groups (broad SMARTS) is 1. The van der Waals surface area contributed by atoms with Crippen molar-refractivity contribution in [3.05, 3.63) is 52.1 Å². The number of halogens is 1. The number of hydrogen-bond donors (Lipinski definition) is 1. The fourth-order valence-corrected chi connectivity index (χ4v) is 3.58. The first-order valence-electron chi connectivity index (χ1n) is 10.2. The summed E-state index contributed by atoms with van der Waals surface area (Å²) < 4.78 is 12.7. The third-order valence-electron chi connectivity index (χ3n) is 5.21. The van der Waals surface area contributed by atoms with Crippen LogP contribution < -0.4 is 9.47 Å². The summed E-state index contributed by atoms with van der Waals surface area (Å²) in [5.41, 5.74) is 1.74. The van der Waals surface area contributed by atoms with Crippen LogP contribution >= 0.6 is 15.9 Å². The summed E-state index contributed by atoms with van der Waals surface area (Å²) in [5, 5.41) is 9.54. The molecule has 0 bridgehead atoms. The molecule has 1 heterocycles. The molecular formula is C23H28BrNO4. The molecule has 1 unspecified atom stereocenters. The van der Waals surface area contributed by atoms with Crippen molar-refractivity contribution in [2.24, 2.45) is 17.8 Å². The second kappa shape index (κ2) is 10.1. The number of aliphatic carboxylic acids is 1. The van der Waals surface area contributed by atoms with Crippen LogP contribution in [0.3, 0.4) is 0 Å². The summed E-state index contributed by atoms with van der Waals surface area (Å²) in [5.74, 6) is 0.457. The number of pyridine rings is 1. The van der Waals surface area contributed by atoms with Gasteiger partial charge in [-0.25, -0.2) is 4.98 Å². The van der Waals surface area contributed by atoms with E-state index in [1.807, 2.05) is 50.2 Å². The Bertz CT molecular complexity index is 821. The van der Waals surface area contributed by atoms with Gasteiger partial charge >= 0.3 is 5.97 Å². The van der Waals surface area contributed by atoms with Crippen LogP contribution in [-0.4, -0.2) is 22.7 Å². The fourth-order valence-electron chi connectivity index (χ4n) is 3.12. The van der Waals surface area contributed by atoms with Crippen LogP contribution in [0.2, 0.25) is 0 Å². The van der Waals surface area contributed by atoms with Gasteiger partial charge in [-0.2, -0.15) is 0 Å². The second-order valence-corrected chi connectivity index (χ2v) is 8.82. The molecule has 1 saturated carbocycles. The van der Waals surface area contributed by atoms with Gasteiger partial charge in [-0.3, -0.25) is 4.79 Å². The van der Waals surface area contributed by atoms with Crippen LogP contribution in [0.5, 0.6) is 11.6 Å². The fraction of sp³-hybridized carbons (Fsp3) is 0.478. The zero-order valence-electron chi connectivity index (χ0n) is 16.9. The van der Waals surface area contributed by atoms with Gasteiger partial charge in [0.15, 0.2) is 5.75 Å². The van der Waals surface area contributed by atoms with Gasteiger partial charge < -0.3 is 14.6 Å². The van der Waals surface area contributed by atoms with Crippen LogP contribution in [-0.2, 0) is 17.8 Å². The lowest BCUT2D eigenvalue weighted by atomic mass is 9.91. The van der Waals surface area contributed by atoms with E-state index in [2.05, 4.69) is 20.9 Å². The maximum absolute atomic E-state index is 11.6. The molecule has 1 atom stereocenters. The van der Waals surface area contributed by atoms with Gasteiger partial charge in [0.1, 0.15) is 6.61 Å². The number of rotatable bonds is 11. The lowest BCUT2D eigenvalue weighted by Gasteiger charge is -2.18. The van der Waals surface area contributed by atoms with Crippen molar-refractivity contribution in [2.75, 3.05) is 6.61 Å². The van der Waals surface area contributed by atoms with E-state index in [0.29, 0.717) is 37.0 Å².